The van der Waals surface area contributed by atoms with Crippen LogP contribution >= 0.6 is 11.8 Å². The highest BCUT2D eigenvalue weighted by Crippen LogP contribution is 2.31. The number of hydrogen-bond donors (Lipinski definition) is 0. The molecule has 0 N–H and O–H groups in total. The minimum atomic E-state index is -0.963. The van der Waals surface area contributed by atoms with Crippen LogP contribution in [0.5, 0.6) is 0 Å². The third-order valence-electron chi connectivity index (χ3n) is 2.22. The van der Waals surface area contributed by atoms with E-state index in [1.54, 1.807) is 0 Å². The van der Waals surface area contributed by atoms with Crippen LogP contribution in [0.2, 0.25) is 0 Å². The van der Waals surface area contributed by atoms with E-state index in [-0.39, 0.29) is 5.56 Å². The van der Waals surface area contributed by atoms with Gasteiger partial charge in [0.2, 0.25) is 0 Å². The van der Waals surface area contributed by atoms with E-state index in [1.165, 1.54) is 18.2 Å². The van der Waals surface area contributed by atoms with Crippen molar-refractivity contribution in [3.05, 3.63) is 59.4 Å². The highest BCUT2D eigenvalue weighted by Gasteiger charge is 2.08. The second-order valence-electron chi connectivity index (χ2n) is 3.48. The molecule has 0 saturated carbocycles. The fraction of sp³-hybridized carbons (Fsp3) is 0. The Balaban J connectivity index is 2.33. The molecule has 0 unspecified atom stereocenters. The predicted molar refractivity (Wildman–Crippen MR) is 62.3 cm³/mol. The van der Waals surface area contributed by atoms with Crippen molar-refractivity contribution in [2.75, 3.05) is 0 Å². The molecular formula is C13H7F3OS. The van der Waals surface area contributed by atoms with Gasteiger partial charge in [-0.3, -0.25) is 4.79 Å². The summed E-state index contributed by atoms with van der Waals surface area (Å²) in [6.45, 7) is 0. The molecule has 0 fully saturated rings. The molecule has 92 valence electrons. The van der Waals surface area contributed by atoms with Gasteiger partial charge in [0.15, 0.2) is 17.9 Å². The molecule has 0 aromatic heterocycles. The summed E-state index contributed by atoms with van der Waals surface area (Å²) >= 11 is 1.07. The Morgan fingerprint density at radius 2 is 1.72 bits per heavy atom. The Morgan fingerprint density at radius 3 is 2.39 bits per heavy atom. The van der Waals surface area contributed by atoms with E-state index >= 15 is 0 Å². The number of carbonyl (C=O) groups excluding carboxylic acids is 1. The van der Waals surface area contributed by atoms with Gasteiger partial charge in [-0.25, -0.2) is 13.2 Å². The van der Waals surface area contributed by atoms with E-state index in [0.29, 0.717) is 16.1 Å². The summed E-state index contributed by atoms with van der Waals surface area (Å²) in [4.78, 5) is 11.7. The molecule has 0 aliphatic heterocycles. The third-order valence-corrected chi connectivity index (χ3v) is 3.30. The van der Waals surface area contributed by atoms with Gasteiger partial charge in [-0.2, -0.15) is 0 Å². The fourth-order valence-corrected chi connectivity index (χ4v) is 2.29. The largest absolute Gasteiger partial charge is 0.298 e. The van der Waals surface area contributed by atoms with Gasteiger partial charge in [0, 0.05) is 15.4 Å². The number of carbonyl (C=O) groups is 1. The van der Waals surface area contributed by atoms with Gasteiger partial charge in [-0.15, -0.1) is 0 Å². The molecular weight excluding hydrogens is 261 g/mol. The maximum absolute atomic E-state index is 13.0. The Hall–Kier alpha value is -1.75. The quantitative estimate of drug-likeness (QED) is 0.781. The topological polar surface area (TPSA) is 17.1 Å². The summed E-state index contributed by atoms with van der Waals surface area (Å²) in [5.74, 6) is -2.42. The van der Waals surface area contributed by atoms with Gasteiger partial charge in [-0.05, 0) is 36.4 Å². The molecule has 0 radical (unpaired) electrons. The van der Waals surface area contributed by atoms with Crippen molar-refractivity contribution in [2.24, 2.45) is 0 Å². The lowest BCUT2D eigenvalue weighted by Crippen LogP contribution is -1.88. The van der Waals surface area contributed by atoms with Crippen LogP contribution in [0.4, 0.5) is 13.2 Å². The van der Waals surface area contributed by atoms with E-state index in [2.05, 4.69) is 0 Å². The van der Waals surface area contributed by atoms with Crippen LogP contribution in [0, 0.1) is 17.5 Å². The molecule has 5 heteroatoms. The normalized spacial score (nSPS) is 10.4. The minimum absolute atomic E-state index is 0.171. The van der Waals surface area contributed by atoms with Crippen molar-refractivity contribution < 1.29 is 18.0 Å². The van der Waals surface area contributed by atoms with Gasteiger partial charge >= 0.3 is 0 Å². The zero-order valence-electron chi connectivity index (χ0n) is 8.99. The number of hydrogen-bond acceptors (Lipinski definition) is 2. The van der Waals surface area contributed by atoms with Crippen LogP contribution in [0.3, 0.4) is 0 Å². The monoisotopic (exact) mass is 268 g/mol. The standard InChI is InChI=1S/C13H7F3OS/c14-9-1-4-13(8(5-9)7-17)18-10-2-3-11(15)12(16)6-10/h1-7H. The zero-order valence-corrected chi connectivity index (χ0v) is 9.81. The first-order valence-corrected chi connectivity index (χ1v) is 5.79. The van der Waals surface area contributed by atoms with Crippen LogP contribution in [0.15, 0.2) is 46.2 Å². The average Bonchev–Trinajstić information content (AvgIpc) is 2.36. The molecule has 1 nitrogen and oxygen atoms in total. The summed E-state index contributed by atoms with van der Waals surface area (Å²) in [7, 11) is 0. The second-order valence-corrected chi connectivity index (χ2v) is 4.59. The lowest BCUT2D eigenvalue weighted by Gasteiger charge is -2.05. The van der Waals surface area contributed by atoms with Crippen molar-refractivity contribution in [3.8, 4) is 0 Å². The Kier molecular flexibility index (Phi) is 3.72. The number of rotatable bonds is 3. The van der Waals surface area contributed by atoms with E-state index in [4.69, 9.17) is 0 Å². The molecule has 2 aromatic rings. The molecule has 2 rings (SSSR count). The van der Waals surface area contributed by atoms with Crippen molar-refractivity contribution in [2.45, 2.75) is 9.79 Å². The zero-order chi connectivity index (χ0) is 13.1. The van der Waals surface area contributed by atoms with Gasteiger partial charge in [0.1, 0.15) is 5.82 Å². The fourth-order valence-electron chi connectivity index (χ4n) is 1.37. The van der Waals surface area contributed by atoms with Crippen LogP contribution in [0.1, 0.15) is 10.4 Å². The summed E-state index contributed by atoms with van der Waals surface area (Å²) in [6, 6.07) is 7.14. The van der Waals surface area contributed by atoms with Crippen molar-refractivity contribution in [1.82, 2.24) is 0 Å². The summed E-state index contributed by atoms with van der Waals surface area (Å²) in [5, 5.41) is 0. The first-order valence-electron chi connectivity index (χ1n) is 4.98. The van der Waals surface area contributed by atoms with Crippen LogP contribution in [0.25, 0.3) is 0 Å². The molecule has 2 aromatic carbocycles. The molecule has 0 aliphatic rings. The molecule has 0 spiro atoms. The lowest BCUT2D eigenvalue weighted by atomic mass is 10.2. The predicted octanol–water partition coefficient (Wildman–Crippen LogP) is 4.07. The molecule has 0 saturated heterocycles. The van der Waals surface area contributed by atoms with Gasteiger partial charge in [0.25, 0.3) is 0 Å². The SMILES string of the molecule is O=Cc1cc(F)ccc1Sc1ccc(F)c(F)c1. The molecule has 0 atom stereocenters. The van der Waals surface area contributed by atoms with Crippen LogP contribution < -0.4 is 0 Å². The molecule has 0 bridgehead atoms. The Morgan fingerprint density at radius 1 is 0.944 bits per heavy atom. The maximum atomic E-state index is 13.0. The Bertz CT molecular complexity index is 599. The van der Waals surface area contributed by atoms with E-state index in [0.717, 1.165) is 30.0 Å². The van der Waals surface area contributed by atoms with Crippen molar-refractivity contribution in [1.29, 1.82) is 0 Å². The first kappa shape index (κ1) is 12.7. The molecule has 0 amide bonds. The van der Waals surface area contributed by atoms with E-state index in [9.17, 15) is 18.0 Å². The minimum Gasteiger partial charge on any atom is -0.298 e. The Labute approximate surface area is 106 Å². The first-order chi connectivity index (χ1) is 8.60. The van der Waals surface area contributed by atoms with Gasteiger partial charge < -0.3 is 0 Å². The third kappa shape index (κ3) is 2.73. The van der Waals surface area contributed by atoms with Crippen LogP contribution in [-0.2, 0) is 0 Å². The van der Waals surface area contributed by atoms with E-state index in [1.807, 2.05) is 0 Å². The molecule has 0 heterocycles. The average molecular weight is 268 g/mol. The highest BCUT2D eigenvalue weighted by molar-refractivity contribution is 7.99. The van der Waals surface area contributed by atoms with Gasteiger partial charge in [0.05, 0.1) is 0 Å². The summed E-state index contributed by atoms with van der Waals surface area (Å²) in [6.07, 6.45) is 0.519. The van der Waals surface area contributed by atoms with Crippen molar-refractivity contribution >= 4 is 18.0 Å². The number of aldehydes is 1. The highest BCUT2D eigenvalue weighted by atomic mass is 32.2. The van der Waals surface area contributed by atoms with Crippen molar-refractivity contribution in [3.63, 3.8) is 0 Å². The molecule has 18 heavy (non-hydrogen) atoms. The maximum Gasteiger partial charge on any atom is 0.159 e. The van der Waals surface area contributed by atoms with E-state index < -0.39 is 17.5 Å². The lowest BCUT2D eigenvalue weighted by molar-refractivity contribution is 0.112. The van der Waals surface area contributed by atoms with Gasteiger partial charge in [-0.1, -0.05) is 11.8 Å². The molecule has 0 aliphatic carbocycles. The van der Waals surface area contributed by atoms with Crippen LogP contribution in [-0.4, -0.2) is 6.29 Å². The number of halogens is 3. The number of benzene rings is 2. The summed E-state index contributed by atoms with van der Waals surface area (Å²) in [5.41, 5.74) is 0.171. The smallest absolute Gasteiger partial charge is 0.159 e. The summed E-state index contributed by atoms with van der Waals surface area (Å²) < 4.78 is 38.7. The second kappa shape index (κ2) is 5.27.